The van der Waals surface area contributed by atoms with Gasteiger partial charge in [0.2, 0.25) is 5.60 Å². The number of nitrogens with zero attached hydrogens (tertiary/aromatic N) is 4. The first-order chi connectivity index (χ1) is 24.9. The van der Waals surface area contributed by atoms with E-state index in [1.165, 1.54) is 16.9 Å². The van der Waals surface area contributed by atoms with Crippen LogP contribution < -0.4 is 4.74 Å². The van der Waals surface area contributed by atoms with E-state index in [2.05, 4.69) is 4.98 Å². The summed E-state index contributed by atoms with van der Waals surface area (Å²) >= 11 is 6.69. The smallest absolute Gasteiger partial charge is 0.425 e. The van der Waals surface area contributed by atoms with Crippen molar-refractivity contribution in [1.29, 1.82) is 0 Å². The molecule has 3 aromatic rings. The summed E-state index contributed by atoms with van der Waals surface area (Å²) in [6.07, 6.45) is -8.77. The van der Waals surface area contributed by atoms with E-state index in [1.54, 1.807) is 39.1 Å². The van der Waals surface area contributed by atoms with Crippen LogP contribution in [0.4, 0.5) is 26.3 Å². The number of benzene rings is 1. The summed E-state index contributed by atoms with van der Waals surface area (Å²) in [6, 6.07) is 5.80. The Hall–Kier alpha value is -3.89. The zero-order valence-corrected chi connectivity index (χ0v) is 31.0. The lowest BCUT2D eigenvalue weighted by Gasteiger charge is -2.51. The van der Waals surface area contributed by atoms with E-state index in [0.29, 0.717) is 22.8 Å². The predicted molar refractivity (Wildman–Crippen MR) is 184 cm³/mol. The Labute approximate surface area is 311 Å². The maximum atomic E-state index is 15.4. The molecule has 0 N–H and O–H groups in total. The Balaban J connectivity index is 1.65. The van der Waals surface area contributed by atoms with E-state index in [-0.39, 0.29) is 57.0 Å². The van der Waals surface area contributed by atoms with Crippen molar-refractivity contribution >= 4 is 40.7 Å². The number of aromatic nitrogens is 1. The molecule has 2 aromatic heterocycles. The molecule has 0 unspecified atom stereocenters. The number of pyridine rings is 1. The Morgan fingerprint density at radius 3 is 2.47 bits per heavy atom. The van der Waals surface area contributed by atoms with Crippen molar-refractivity contribution in [2.24, 2.45) is 0 Å². The minimum atomic E-state index is -4.93. The molecule has 2 aliphatic heterocycles. The number of hydrogen-bond acceptors (Lipinski definition) is 7. The number of methoxy groups -OCH3 is 1. The minimum Gasteiger partial charge on any atom is -0.474 e. The van der Waals surface area contributed by atoms with Gasteiger partial charge >= 0.3 is 12.4 Å². The number of ether oxygens (including phenoxy) is 2. The SMILES string of the molecule is CCC[C@H]1N(C(=O)c2ncccc2C(F)(F)F)CCC[C@]1(Oc1csc(C(F)(F)F)c1)C(=O)N1Cc2ccc(Cl)cc2C[C@@H]1CN(C)C(=O)[C@@H](C)OC. The second-order valence-corrected chi connectivity index (χ2v) is 14.6. The fourth-order valence-electron chi connectivity index (χ4n) is 7.15. The largest absolute Gasteiger partial charge is 0.474 e. The number of thiophene rings is 1. The lowest BCUT2D eigenvalue weighted by atomic mass is 9.78. The number of alkyl halides is 6. The molecular formula is C36H39ClF6N4O5S. The van der Waals surface area contributed by atoms with Gasteiger partial charge in [0.25, 0.3) is 17.7 Å². The van der Waals surface area contributed by atoms with Gasteiger partial charge in [-0.25, -0.2) is 0 Å². The standard InChI is InChI=1S/C36H39ClF6N4O5S/c1-5-8-28-34(52-26-17-29(53-20-26)36(41,42)43,12-7-14-46(28)32(49)30-27(35(38,39)40)9-6-13-44-30)33(50)47-18-22-10-11-24(37)15-23(22)16-25(47)19-45(3)31(48)21(2)51-4/h6,9-11,13,15,17,20-21,25,28H,5,7-8,12,14,16,18-19H2,1-4H3/t21-,25-,28-,34-/m1/s1. The van der Waals surface area contributed by atoms with Gasteiger partial charge in [-0.15, -0.1) is 11.3 Å². The number of carbonyl (C=O) groups excluding carboxylic acids is 3. The average molecular weight is 789 g/mol. The van der Waals surface area contributed by atoms with E-state index < -0.39 is 64.1 Å². The highest BCUT2D eigenvalue weighted by Crippen LogP contribution is 2.43. The van der Waals surface area contributed by atoms with Crippen molar-refractivity contribution in [3.8, 4) is 5.75 Å². The van der Waals surface area contributed by atoms with Crippen molar-refractivity contribution in [3.05, 3.63) is 80.3 Å². The lowest BCUT2D eigenvalue weighted by molar-refractivity contribution is -0.164. The van der Waals surface area contributed by atoms with Crippen molar-refractivity contribution in [1.82, 2.24) is 19.7 Å². The van der Waals surface area contributed by atoms with Crippen LogP contribution in [-0.2, 0) is 39.6 Å². The van der Waals surface area contributed by atoms with E-state index in [9.17, 15) is 35.9 Å². The second kappa shape index (κ2) is 15.8. The van der Waals surface area contributed by atoms with Crippen LogP contribution in [0.5, 0.6) is 5.75 Å². The summed E-state index contributed by atoms with van der Waals surface area (Å²) in [5.41, 5.74) is -2.64. The minimum absolute atomic E-state index is 0.00827. The third-order valence-corrected chi connectivity index (χ3v) is 10.9. The average Bonchev–Trinajstić information content (AvgIpc) is 3.59. The third-order valence-electron chi connectivity index (χ3n) is 9.75. The molecule has 1 fully saturated rings. The van der Waals surface area contributed by atoms with Gasteiger partial charge in [-0.1, -0.05) is 31.0 Å². The van der Waals surface area contributed by atoms with E-state index in [4.69, 9.17) is 21.1 Å². The van der Waals surface area contributed by atoms with Crippen LogP contribution in [0, 0.1) is 0 Å². The maximum absolute atomic E-state index is 15.4. The molecule has 5 rings (SSSR count). The molecular weight excluding hydrogens is 750 g/mol. The van der Waals surface area contributed by atoms with Gasteiger partial charge in [-0.2, -0.15) is 26.3 Å². The quantitative estimate of drug-likeness (QED) is 0.198. The number of fused-ring (bicyclic) bond motifs is 1. The zero-order chi connectivity index (χ0) is 38.9. The summed E-state index contributed by atoms with van der Waals surface area (Å²) in [5, 5.41) is 1.57. The number of piperidine rings is 1. The number of halogens is 7. The molecule has 2 aliphatic rings. The molecule has 0 radical (unpaired) electrons. The van der Waals surface area contributed by atoms with Gasteiger partial charge < -0.3 is 24.2 Å². The topological polar surface area (TPSA) is 92.3 Å². The Kier molecular flexibility index (Phi) is 12.0. The van der Waals surface area contributed by atoms with Gasteiger partial charge in [-0.05, 0) is 61.6 Å². The van der Waals surface area contributed by atoms with E-state index in [1.807, 2.05) is 0 Å². The molecule has 288 valence electrons. The maximum Gasteiger partial charge on any atom is 0.425 e. The molecule has 9 nitrogen and oxygen atoms in total. The monoisotopic (exact) mass is 788 g/mol. The molecule has 17 heteroatoms. The molecule has 3 amide bonds. The van der Waals surface area contributed by atoms with E-state index in [0.717, 1.165) is 45.8 Å². The number of hydrogen-bond donors (Lipinski definition) is 0. The first-order valence-electron chi connectivity index (χ1n) is 16.9. The van der Waals surface area contributed by atoms with Crippen LogP contribution in [0.3, 0.4) is 0 Å². The van der Waals surface area contributed by atoms with Crippen molar-refractivity contribution < 1.29 is 50.2 Å². The molecule has 0 saturated carbocycles. The van der Waals surface area contributed by atoms with Crippen LogP contribution in [-0.4, -0.2) is 88.4 Å². The number of amides is 3. The van der Waals surface area contributed by atoms with Crippen LogP contribution in [0.1, 0.15) is 71.6 Å². The van der Waals surface area contributed by atoms with Crippen LogP contribution in [0.25, 0.3) is 0 Å². The molecule has 0 aliphatic carbocycles. The van der Waals surface area contributed by atoms with Gasteiger partial charge in [0.15, 0.2) is 0 Å². The van der Waals surface area contributed by atoms with Gasteiger partial charge in [0.1, 0.15) is 22.4 Å². The molecule has 0 spiro atoms. The Morgan fingerprint density at radius 2 is 1.83 bits per heavy atom. The predicted octanol–water partition coefficient (Wildman–Crippen LogP) is 7.50. The fraction of sp³-hybridized carbons (Fsp3) is 0.500. The normalized spacial score (nSPS) is 21.2. The van der Waals surface area contributed by atoms with Crippen LogP contribution in [0.15, 0.2) is 48.0 Å². The number of likely N-dealkylation sites (tertiary alicyclic amines) is 1. The van der Waals surface area contributed by atoms with Gasteiger partial charge in [0.05, 0.1) is 17.6 Å². The molecule has 4 atom stereocenters. The summed E-state index contributed by atoms with van der Waals surface area (Å²) in [5.74, 6) is -2.42. The van der Waals surface area contributed by atoms with Crippen molar-refractivity contribution in [2.75, 3.05) is 27.2 Å². The van der Waals surface area contributed by atoms with Crippen LogP contribution >= 0.6 is 22.9 Å². The highest BCUT2D eigenvalue weighted by molar-refractivity contribution is 7.10. The fourth-order valence-corrected chi connectivity index (χ4v) is 8.02. The third kappa shape index (κ3) is 8.44. The molecule has 4 heterocycles. The van der Waals surface area contributed by atoms with Crippen molar-refractivity contribution in [2.45, 2.75) is 88.6 Å². The molecule has 1 aromatic carbocycles. The first kappa shape index (κ1) is 40.3. The molecule has 0 bridgehead atoms. The Bertz CT molecular complexity index is 1820. The van der Waals surface area contributed by atoms with Gasteiger partial charge in [0, 0.05) is 62.9 Å². The highest BCUT2D eigenvalue weighted by atomic mass is 35.5. The number of carbonyl (C=O) groups is 3. The molecule has 53 heavy (non-hydrogen) atoms. The van der Waals surface area contributed by atoms with E-state index >= 15 is 4.79 Å². The number of rotatable bonds is 10. The number of likely N-dealkylation sites (N-methyl/N-ethyl adjacent to an activating group) is 1. The van der Waals surface area contributed by atoms with Gasteiger partial charge in [-0.3, -0.25) is 19.4 Å². The highest BCUT2D eigenvalue weighted by Gasteiger charge is 2.57. The zero-order valence-electron chi connectivity index (χ0n) is 29.4. The van der Waals surface area contributed by atoms with Crippen molar-refractivity contribution in [3.63, 3.8) is 0 Å². The Morgan fingerprint density at radius 1 is 1.09 bits per heavy atom. The summed E-state index contributed by atoms with van der Waals surface area (Å²) in [6.45, 7) is 3.27. The second-order valence-electron chi connectivity index (χ2n) is 13.2. The summed E-state index contributed by atoms with van der Waals surface area (Å²) in [4.78, 5) is 49.6. The molecule has 1 saturated heterocycles. The summed E-state index contributed by atoms with van der Waals surface area (Å²) in [7, 11) is 2.93. The first-order valence-corrected chi connectivity index (χ1v) is 18.2. The lowest BCUT2D eigenvalue weighted by Crippen LogP contribution is -2.69. The summed E-state index contributed by atoms with van der Waals surface area (Å²) < 4.78 is 95.4. The van der Waals surface area contributed by atoms with Crippen LogP contribution in [0.2, 0.25) is 5.02 Å².